The number of benzene rings is 1. The maximum atomic E-state index is 11.6. The Morgan fingerprint density at radius 3 is 2.19 bits per heavy atom. The van der Waals surface area contributed by atoms with Crippen molar-refractivity contribution in [2.75, 3.05) is 17.3 Å². The van der Waals surface area contributed by atoms with E-state index < -0.39 is 17.9 Å². The van der Waals surface area contributed by atoms with E-state index in [1.807, 2.05) is 24.3 Å². The minimum Gasteiger partial charge on any atom is -0.326 e. The van der Waals surface area contributed by atoms with Crippen molar-refractivity contribution in [2.24, 2.45) is 0 Å². The molecule has 1 amide bonds. The van der Waals surface area contributed by atoms with Crippen LogP contribution in [-0.2, 0) is 21.1 Å². The summed E-state index contributed by atoms with van der Waals surface area (Å²) in [5.41, 5.74) is 1.98. The van der Waals surface area contributed by atoms with Crippen LogP contribution in [0.25, 0.3) is 0 Å². The minimum absolute atomic E-state index is 0.00376. The normalized spacial score (nSPS) is 12.2. The smallest absolute Gasteiger partial charge is 0.225 e. The van der Waals surface area contributed by atoms with Gasteiger partial charge < -0.3 is 5.32 Å². The molecule has 1 rings (SSSR count). The average molecular weight is 328 g/mol. The van der Waals surface area contributed by atoms with Gasteiger partial charge in [-0.2, -0.15) is 0 Å². The lowest BCUT2D eigenvalue weighted by Gasteiger charge is -2.15. The molecule has 0 bridgehead atoms. The van der Waals surface area contributed by atoms with Crippen molar-refractivity contribution in [3.63, 3.8) is 0 Å². The maximum absolute atomic E-state index is 11.6. The molecule has 4 nitrogen and oxygen atoms in total. The Labute approximate surface area is 128 Å². The molecule has 0 radical (unpaired) electrons. The number of aryl methyl sites for hydroxylation is 1. The summed E-state index contributed by atoms with van der Waals surface area (Å²) < 4.78 is 22.0. The molecular weight excluding hydrogens is 302 g/mol. The average Bonchev–Trinajstić information content (AvgIpc) is 2.34. The molecule has 118 valence electrons. The summed E-state index contributed by atoms with van der Waals surface area (Å²) in [5.74, 6) is -0.386. The number of amides is 1. The Bertz CT molecular complexity index is 574. The first kappa shape index (κ1) is 17.9. The van der Waals surface area contributed by atoms with Crippen LogP contribution in [0.1, 0.15) is 12.0 Å². The van der Waals surface area contributed by atoms with Gasteiger partial charge in [0, 0.05) is 26.4 Å². The van der Waals surface area contributed by atoms with Gasteiger partial charge >= 0.3 is 0 Å². The first-order valence-corrected chi connectivity index (χ1v) is 12.9. The molecule has 0 saturated heterocycles. The van der Waals surface area contributed by atoms with Crippen LogP contribution in [0.5, 0.6) is 0 Å². The van der Waals surface area contributed by atoms with E-state index in [2.05, 4.69) is 25.0 Å². The number of carbonyl (C=O) groups is 1. The van der Waals surface area contributed by atoms with E-state index >= 15 is 0 Å². The highest BCUT2D eigenvalue weighted by molar-refractivity contribution is 7.90. The Morgan fingerprint density at radius 2 is 1.71 bits per heavy atom. The largest absolute Gasteiger partial charge is 0.326 e. The monoisotopic (exact) mass is 327 g/mol. The molecule has 0 aliphatic carbocycles. The van der Waals surface area contributed by atoms with Gasteiger partial charge in [0.25, 0.3) is 0 Å². The van der Waals surface area contributed by atoms with E-state index in [4.69, 9.17) is 0 Å². The molecule has 0 aliphatic rings. The minimum atomic E-state index is -3.10. The number of nitrogens with one attached hydrogen (secondary N) is 1. The van der Waals surface area contributed by atoms with Gasteiger partial charge in [0.15, 0.2) is 0 Å². The van der Waals surface area contributed by atoms with E-state index in [-0.39, 0.29) is 18.1 Å². The molecule has 0 atom stereocenters. The fourth-order valence-corrected chi connectivity index (χ4v) is 3.37. The first-order valence-electron chi connectivity index (χ1n) is 7.12. The van der Waals surface area contributed by atoms with Crippen molar-refractivity contribution >= 4 is 29.5 Å². The van der Waals surface area contributed by atoms with Crippen molar-refractivity contribution < 1.29 is 13.2 Å². The molecule has 6 heteroatoms. The predicted octanol–water partition coefficient (Wildman–Crippen LogP) is 2.94. The summed E-state index contributed by atoms with van der Waals surface area (Å²) >= 11 is 0. The highest BCUT2D eigenvalue weighted by Crippen LogP contribution is 2.16. The molecule has 1 aromatic carbocycles. The maximum Gasteiger partial charge on any atom is 0.225 e. The molecule has 1 aromatic rings. The lowest BCUT2D eigenvalue weighted by Crippen LogP contribution is -2.19. The highest BCUT2D eigenvalue weighted by Gasteiger charge is 2.12. The van der Waals surface area contributed by atoms with Crippen LogP contribution in [-0.4, -0.2) is 34.4 Å². The summed E-state index contributed by atoms with van der Waals surface area (Å²) in [6.07, 6.45) is 2.20. The zero-order chi connectivity index (χ0) is 16.1. The molecule has 0 aliphatic heterocycles. The first-order chi connectivity index (χ1) is 9.55. The molecule has 0 unspecified atom stereocenters. The molecule has 1 N–H and O–H groups in total. The third-order valence-electron chi connectivity index (χ3n) is 3.10. The number of sulfone groups is 1. The van der Waals surface area contributed by atoms with E-state index in [0.29, 0.717) is 5.69 Å². The van der Waals surface area contributed by atoms with Gasteiger partial charge in [-0.1, -0.05) is 37.8 Å². The van der Waals surface area contributed by atoms with E-state index in [1.165, 1.54) is 11.6 Å². The lowest BCUT2D eigenvalue weighted by atomic mass is 10.1. The second-order valence-electron chi connectivity index (χ2n) is 6.69. The zero-order valence-corrected chi connectivity index (χ0v) is 15.1. The molecular formula is C15H25NO3SSi. The van der Waals surface area contributed by atoms with Crippen LogP contribution in [0, 0.1) is 0 Å². The van der Waals surface area contributed by atoms with Crippen LogP contribution in [0.3, 0.4) is 0 Å². The number of rotatable bonds is 7. The summed E-state index contributed by atoms with van der Waals surface area (Å²) in [7, 11) is -4.13. The number of anilines is 1. The van der Waals surface area contributed by atoms with Crippen LogP contribution < -0.4 is 5.32 Å². The quantitative estimate of drug-likeness (QED) is 0.783. The van der Waals surface area contributed by atoms with E-state index in [0.717, 1.165) is 12.7 Å². The van der Waals surface area contributed by atoms with Gasteiger partial charge in [0.05, 0.1) is 5.75 Å². The summed E-state index contributed by atoms with van der Waals surface area (Å²) in [6.45, 7) is 7.05. The van der Waals surface area contributed by atoms with Crippen LogP contribution in [0.15, 0.2) is 24.3 Å². The lowest BCUT2D eigenvalue weighted by molar-refractivity contribution is -0.115. The molecule has 0 spiro atoms. The van der Waals surface area contributed by atoms with Gasteiger partial charge in [-0.15, -0.1) is 0 Å². The number of hydrogen-bond acceptors (Lipinski definition) is 3. The third-order valence-corrected chi connectivity index (χ3v) is 5.80. The standard InChI is InChI=1S/C15H25NO3SSi/c1-20(18,19)11-9-15(17)16-14-7-5-13(6-8-14)10-12-21(2,3)4/h5-8H,9-12H2,1-4H3,(H,16,17). The van der Waals surface area contributed by atoms with Gasteiger partial charge in [0.1, 0.15) is 9.84 Å². The molecule has 0 aromatic heterocycles. The van der Waals surface area contributed by atoms with Crippen molar-refractivity contribution in [3.8, 4) is 0 Å². The fourth-order valence-electron chi connectivity index (χ4n) is 1.78. The Kier molecular flexibility index (Phi) is 6.16. The second kappa shape index (κ2) is 7.22. The summed E-state index contributed by atoms with van der Waals surface area (Å²) in [4.78, 5) is 11.6. The fraction of sp³-hybridized carbons (Fsp3) is 0.533. The van der Waals surface area contributed by atoms with E-state index in [1.54, 1.807) is 0 Å². The Morgan fingerprint density at radius 1 is 1.14 bits per heavy atom. The Hall–Kier alpha value is -1.14. The Balaban J connectivity index is 2.49. The van der Waals surface area contributed by atoms with Crippen molar-refractivity contribution in [2.45, 2.75) is 38.5 Å². The van der Waals surface area contributed by atoms with Crippen LogP contribution in [0.4, 0.5) is 5.69 Å². The van der Waals surface area contributed by atoms with Gasteiger partial charge in [-0.25, -0.2) is 8.42 Å². The molecule has 0 saturated carbocycles. The third kappa shape index (κ3) is 8.67. The summed E-state index contributed by atoms with van der Waals surface area (Å²) in [5, 5.41) is 2.72. The summed E-state index contributed by atoms with van der Waals surface area (Å²) in [6, 6.07) is 9.03. The van der Waals surface area contributed by atoms with Crippen molar-refractivity contribution in [1.82, 2.24) is 0 Å². The molecule has 21 heavy (non-hydrogen) atoms. The van der Waals surface area contributed by atoms with Crippen molar-refractivity contribution in [1.29, 1.82) is 0 Å². The highest BCUT2D eigenvalue weighted by atomic mass is 32.2. The van der Waals surface area contributed by atoms with Crippen LogP contribution in [0.2, 0.25) is 25.7 Å². The van der Waals surface area contributed by atoms with Gasteiger partial charge in [-0.3, -0.25) is 4.79 Å². The molecule has 0 fully saturated rings. The topological polar surface area (TPSA) is 63.2 Å². The predicted molar refractivity (Wildman–Crippen MR) is 91.3 cm³/mol. The van der Waals surface area contributed by atoms with Gasteiger partial charge in [-0.05, 0) is 24.1 Å². The van der Waals surface area contributed by atoms with Crippen molar-refractivity contribution in [3.05, 3.63) is 29.8 Å². The SMILES string of the molecule is C[Si](C)(C)CCc1ccc(NC(=O)CCS(C)(=O)=O)cc1. The van der Waals surface area contributed by atoms with Gasteiger partial charge in [0.2, 0.25) is 5.91 Å². The second-order valence-corrected chi connectivity index (χ2v) is 14.6. The van der Waals surface area contributed by atoms with Crippen LogP contribution >= 0.6 is 0 Å². The number of hydrogen-bond donors (Lipinski definition) is 1. The number of carbonyl (C=O) groups excluding carboxylic acids is 1. The molecule has 0 heterocycles. The van der Waals surface area contributed by atoms with E-state index in [9.17, 15) is 13.2 Å². The zero-order valence-electron chi connectivity index (χ0n) is 13.3.